The maximum atomic E-state index is 10.9. The van der Waals surface area contributed by atoms with Gasteiger partial charge in [-0.15, -0.1) is 0 Å². The largest absolute Gasteiger partial charge is 0.492 e. The number of aldehydes is 1. The highest BCUT2D eigenvalue weighted by Gasteiger charge is 2.04. The van der Waals surface area contributed by atoms with Gasteiger partial charge in [0.05, 0.1) is 16.8 Å². The normalized spacial score (nSPS) is 11.2. The molecule has 0 fully saturated rings. The molecule has 0 bridgehead atoms. The van der Waals surface area contributed by atoms with Crippen LogP contribution in [-0.4, -0.2) is 33.3 Å². The summed E-state index contributed by atoms with van der Waals surface area (Å²) in [6.45, 7) is 0.326. The fraction of sp³-hybridized carbons (Fsp3) is 0.364. The van der Waals surface area contributed by atoms with Crippen LogP contribution in [0.4, 0.5) is 0 Å². The quantitative estimate of drug-likeness (QED) is 0.594. The SMILES string of the molecule is CS(=O)(=O)CCCOc1ccc(C=O)cc1Br. The summed E-state index contributed by atoms with van der Waals surface area (Å²) in [4.78, 5) is 10.5. The van der Waals surface area contributed by atoms with Gasteiger partial charge in [0.1, 0.15) is 21.9 Å². The van der Waals surface area contributed by atoms with Gasteiger partial charge in [-0.3, -0.25) is 4.79 Å². The molecule has 0 aromatic heterocycles. The molecule has 0 N–H and O–H groups in total. The zero-order valence-electron chi connectivity index (χ0n) is 9.35. The summed E-state index contributed by atoms with van der Waals surface area (Å²) in [6.07, 6.45) is 2.39. The van der Waals surface area contributed by atoms with Crippen molar-refractivity contribution in [1.82, 2.24) is 0 Å². The van der Waals surface area contributed by atoms with E-state index >= 15 is 0 Å². The predicted octanol–water partition coefficient (Wildman–Crippen LogP) is 2.08. The molecule has 1 aromatic rings. The van der Waals surface area contributed by atoms with E-state index in [-0.39, 0.29) is 5.75 Å². The van der Waals surface area contributed by atoms with E-state index in [1.807, 2.05) is 0 Å². The molecule has 0 amide bonds. The van der Waals surface area contributed by atoms with Gasteiger partial charge in [-0.05, 0) is 40.5 Å². The summed E-state index contributed by atoms with van der Waals surface area (Å²) in [5.74, 6) is 0.709. The second kappa shape index (κ2) is 6.16. The average Bonchev–Trinajstić information content (AvgIpc) is 2.24. The summed E-state index contributed by atoms with van der Waals surface area (Å²) < 4.78 is 27.9. The number of ether oxygens (including phenoxy) is 1. The number of rotatable bonds is 6. The number of benzene rings is 1. The fourth-order valence-electron chi connectivity index (χ4n) is 1.21. The lowest BCUT2D eigenvalue weighted by Crippen LogP contribution is -2.08. The molecule has 0 unspecified atom stereocenters. The Bertz CT molecular complexity index is 496. The van der Waals surface area contributed by atoms with Gasteiger partial charge >= 0.3 is 0 Å². The molecule has 0 aliphatic rings. The Morgan fingerprint density at radius 3 is 2.65 bits per heavy atom. The number of halogens is 1. The molecule has 17 heavy (non-hydrogen) atoms. The van der Waals surface area contributed by atoms with Crippen LogP contribution in [0.15, 0.2) is 22.7 Å². The molecule has 1 rings (SSSR count). The van der Waals surface area contributed by atoms with E-state index in [0.29, 0.717) is 28.8 Å². The highest BCUT2D eigenvalue weighted by Crippen LogP contribution is 2.25. The molecule has 1 aromatic carbocycles. The predicted molar refractivity (Wildman–Crippen MR) is 69.4 cm³/mol. The third-order valence-corrected chi connectivity index (χ3v) is 3.66. The average molecular weight is 321 g/mol. The van der Waals surface area contributed by atoms with Crippen molar-refractivity contribution in [2.45, 2.75) is 6.42 Å². The van der Waals surface area contributed by atoms with Gasteiger partial charge in [-0.2, -0.15) is 0 Å². The first-order valence-electron chi connectivity index (χ1n) is 4.97. The Hall–Kier alpha value is -0.880. The van der Waals surface area contributed by atoms with E-state index in [2.05, 4.69) is 15.9 Å². The smallest absolute Gasteiger partial charge is 0.150 e. The van der Waals surface area contributed by atoms with E-state index in [1.165, 1.54) is 6.26 Å². The number of carbonyl (C=O) groups excluding carboxylic acids is 1. The minimum absolute atomic E-state index is 0.108. The lowest BCUT2D eigenvalue weighted by Gasteiger charge is -2.07. The first-order chi connectivity index (χ1) is 7.92. The number of hydrogen-bond acceptors (Lipinski definition) is 4. The number of hydrogen-bond donors (Lipinski definition) is 0. The molecular weight excluding hydrogens is 308 g/mol. The Balaban J connectivity index is 2.50. The van der Waals surface area contributed by atoms with Crippen LogP contribution in [0, 0.1) is 0 Å². The van der Waals surface area contributed by atoms with Gasteiger partial charge in [-0.1, -0.05) is 0 Å². The standard InChI is InChI=1S/C11H13BrO4S/c1-17(14,15)6-2-5-16-11-4-3-9(8-13)7-10(11)12/h3-4,7-8H,2,5-6H2,1H3. The van der Waals surface area contributed by atoms with Crippen molar-refractivity contribution >= 4 is 32.1 Å². The lowest BCUT2D eigenvalue weighted by molar-refractivity contribution is 0.112. The second-order valence-electron chi connectivity index (χ2n) is 3.64. The summed E-state index contributed by atoms with van der Waals surface area (Å²) in [6, 6.07) is 4.97. The van der Waals surface area contributed by atoms with Crippen molar-refractivity contribution in [3.63, 3.8) is 0 Å². The van der Waals surface area contributed by atoms with Crippen molar-refractivity contribution in [3.05, 3.63) is 28.2 Å². The van der Waals surface area contributed by atoms with Crippen LogP contribution in [0.2, 0.25) is 0 Å². The van der Waals surface area contributed by atoms with Crippen LogP contribution in [-0.2, 0) is 9.84 Å². The van der Waals surface area contributed by atoms with E-state index in [9.17, 15) is 13.2 Å². The Morgan fingerprint density at radius 2 is 2.12 bits per heavy atom. The summed E-state index contributed by atoms with van der Waals surface area (Å²) in [5, 5.41) is 0. The maximum absolute atomic E-state index is 10.9. The summed E-state index contributed by atoms with van der Waals surface area (Å²) in [7, 11) is -2.94. The van der Waals surface area contributed by atoms with Gasteiger partial charge in [-0.25, -0.2) is 8.42 Å². The zero-order chi connectivity index (χ0) is 12.9. The third kappa shape index (κ3) is 5.32. The Kier molecular flexibility index (Phi) is 5.14. The van der Waals surface area contributed by atoms with Crippen LogP contribution in [0.1, 0.15) is 16.8 Å². The van der Waals surface area contributed by atoms with Crippen molar-refractivity contribution in [2.24, 2.45) is 0 Å². The van der Waals surface area contributed by atoms with Crippen LogP contribution < -0.4 is 4.74 Å². The second-order valence-corrected chi connectivity index (χ2v) is 6.75. The Labute approximate surface area is 109 Å². The van der Waals surface area contributed by atoms with E-state index in [4.69, 9.17) is 4.74 Å². The summed E-state index contributed by atoms with van der Waals surface area (Å²) >= 11 is 3.28. The van der Waals surface area contributed by atoms with Gasteiger partial charge in [0.2, 0.25) is 0 Å². The molecule has 0 saturated heterocycles. The lowest BCUT2D eigenvalue weighted by atomic mass is 10.2. The van der Waals surface area contributed by atoms with E-state index in [1.54, 1.807) is 18.2 Å². The number of carbonyl (C=O) groups is 1. The molecule has 0 heterocycles. The van der Waals surface area contributed by atoms with Gasteiger partial charge < -0.3 is 4.74 Å². The van der Waals surface area contributed by atoms with Crippen molar-refractivity contribution in [1.29, 1.82) is 0 Å². The van der Waals surface area contributed by atoms with Crippen LogP contribution in [0.5, 0.6) is 5.75 Å². The molecule has 0 spiro atoms. The molecule has 0 atom stereocenters. The molecule has 6 heteroatoms. The Morgan fingerprint density at radius 1 is 1.41 bits per heavy atom. The van der Waals surface area contributed by atoms with E-state index < -0.39 is 9.84 Å². The topological polar surface area (TPSA) is 60.4 Å². The highest BCUT2D eigenvalue weighted by molar-refractivity contribution is 9.10. The van der Waals surface area contributed by atoms with Gasteiger partial charge in [0, 0.05) is 11.8 Å². The van der Waals surface area contributed by atoms with Gasteiger partial charge in [0.15, 0.2) is 0 Å². The van der Waals surface area contributed by atoms with Crippen molar-refractivity contribution in [2.75, 3.05) is 18.6 Å². The molecule has 0 aliphatic carbocycles. The third-order valence-electron chi connectivity index (χ3n) is 2.01. The van der Waals surface area contributed by atoms with Crippen molar-refractivity contribution < 1.29 is 17.9 Å². The minimum Gasteiger partial charge on any atom is -0.492 e. The summed E-state index contributed by atoms with van der Waals surface area (Å²) in [5.41, 5.74) is 0.556. The first kappa shape index (κ1) is 14.2. The monoisotopic (exact) mass is 320 g/mol. The zero-order valence-corrected chi connectivity index (χ0v) is 11.8. The molecule has 0 aliphatic heterocycles. The van der Waals surface area contributed by atoms with Crippen LogP contribution >= 0.6 is 15.9 Å². The first-order valence-corrected chi connectivity index (χ1v) is 7.83. The number of sulfone groups is 1. The molecule has 0 radical (unpaired) electrons. The molecule has 0 saturated carbocycles. The fourth-order valence-corrected chi connectivity index (χ4v) is 2.36. The molecule has 94 valence electrons. The van der Waals surface area contributed by atoms with Gasteiger partial charge in [0.25, 0.3) is 0 Å². The van der Waals surface area contributed by atoms with Crippen LogP contribution in [0.3, 0.4) is 0 Å². The van der Waals surface area contributed by atoms with Crippen LogP contribution in [0.25, 0.3) is 0 Å². The van der Waals surface area contributed by atoms with E-state index in [0.717, 1.165) is 6.29 Å². The highest BCUT2D eigenvalue weighted by atomic mass is 79.9. The molecular formula is C11H13BrO4S. The molecule has 4 nitrogen and oxygen atoms in total. The van der Waals surface area contributed by atoms with Crippen molar-refractivity contribution in [3.8, 4) is 5.75 Å². The minimum atomic E-state index is -2.94. The maximum Gasteiger partial charge on any atom is 0.150 e.